The number of anilines is 1. The molecule has 4 aromatic rings. The Morgan fingerprint density at radius 3 is 2.21 bits per heavy atom. The van der Waals surface area contributed by atoms with E-state index >= 15 is 0 Å². The molecule has 0 bridgehead atoms. The molecule has 0 saturated carbocycles. The molecule has 1 aromatic heterocycles. The van der Waals surface area contributed by atoms with Crippen molar-refractivity contribution >= 4 is 47.3 Å². The lowest BCUT2D eigenvalue weighted by atomic mass is 10.1. The zero-order valence-electron chi connectivity index (χ0n) is 22.7. The molecule has 1 fully saturated rings. The molecule has 0 aliphatic carbocycles. The third-order valence-electron chi connectivity index (χ3n) is 7.15. The van der Waals surface area contributed by atoms with Crippen molar-refractivity contribution in [2.75, 3.05) is 18.1 Å². The van der Waals surface area contributed by atoms with E-state index in [9.17, 15) is 9.59 Å². The van der Waals surface area contributed by atoms with Crippen LogP contribution < -0.4 is 20.6 Å². The molecule has 8 heteroatoms. The van der Waals surface area contributed by atoms with Crippen LogP contribution in [0, 0.1) is 11.8 Å². The molecule has 2 heterocycles. The molecule has 1 saturated heterocycles. The number of nitrogens with zero attached hydrogens (tertiary/aromatic N) is 3. The third-order valence-corrected chi connectivity index (χ3v) is 12.1. The lowest BCUT2D eigenvalue weighted by molar-refractivity contribution is -0.120. The van der Waals surface area contributed by atoms with Crippen molar-refractivity contribution < 1.29 is 14.0 Å². The average Bonchev–Trinajstić information content (AvgIpc) is 3.24. The second-order valence-corrected chi connectivity index (χ2v) is 15.0. The number of nitrogens with one attached hydrogen (secondary N) is 1. The maximum atomic E-state index is 12.4. The van der Waals surface area contributed by atoms with E-state index in [0.717, 1.165) is 16.5 Å². The Morgan fingerprint density at radius 2 is 1.62 bits per heavy atom. The quantitative estimate of drug-likeness (QED) is 0.310. The second-order valence-electron chi connectivity index (χ2n) is 10.7. The summed E-state index contributed by atoms with van der Waals surface area (Å²) < 4.78 is 8.61. The molecule has 0 radical (unpaired) electrons. The smallest absolute Gasteiger partial charge is 0.329 e. The molecular weight excluding hydrogens is 504 g/mol. The van der Waals surface area contributed by atoms with Gasteiger partial charge >= 0.3 is 6.03 Å². The molecular formula is C31H32N4O3Si. The number of amides is 3. The van der Waals surface area contributed by atoms with Gasteiger partial charge in [-0.3, -0.25) is 19.7 Å². The number of hydrogen-bond acceptors (Lipinski definition) is 4. The Kier molecular flexibility index (Phi) is 7.13. The lowest BCUT2D eigenvalue weighted by Gasteiger charge is -2.42. The average molecular weight is 537 g/mol. The van der Waals surface area contributed by atoms with Gasteiger partial charge < -0.3 is 4.43 Å². The van der Waals surface area contributed by atoms with E-state index < -0.39 is 14.3 Å². The van der Waals surface area contributed by atoms with Crippen molar-refractivity contribution in [3.05, 3.63) is 84.4 Å². The Morgan fingerprint density at radius 1 is 0.974 bits per heavy atom. The molecule has 7 nitrogen and oxygen atoms in total. The summed E-state index contributed by atoms with van der Waals surface area (Å²) in [5, 5.41) is 10.1. The van der Waals surface area contributed by atoms with Crippen LogP contribution in [-0.2, 0) is 16.3 Å². The Bertz CT molecular complexity index is 1540. The predicted octanol–water partition coefficient (Wildman–Crippen LogP) is 3.95. The van der Waals surface area contributed by atoms with Crippen molar-refractivity contribution in [3.63, 3.8) is 0 Å². The first kappa shape index (κ1) is 26.4. The normalized spacial score (nSPS) is 14.2. The fourth-order valence-corrected chi connectivity index (χ4v) is 9.77. The van der Waals surface area contributed by atoms with Gasteiger partial charge in [0.05, 0.1) is 12.1 Å². The second kappa shape index (κ2) is 10.5. The molecule has 0 unspecified atom stereocenters. The molecule has 0 atom stereocenters. The van der Waals surface area contributed by atoms with Crippen LogP contribution >= 0.6 is 0 Å². The van der Waals surface area contributed by atoms with Gasteiger partial charge in [0.2, 0.25) is 5.91 Å². The summed E-state index contributed by atoms with van der Waals surface area (Å²) in [6.07, 6.45) is 0.249. The Hall–Kier alpha value is -4.19. The first-order valence-electron chi connectivity index (χ1n) is 13.0. The molecule has 1 aliphatic heterocycles. The van der Waals surface area contributed by atoms with E-state index in [0.29, 0.717) is 19.0 Å². The van der Waals surface area contributed by atoms with Gasteiger partial charge in [-0.15, -0.1) is 0 Å². The largest absolute Gasteiger partial charge is 0.396 e. The standard InChI is InChI=1S/C31H32N4O3Si/c1-31(2,3)39(24-13-7-5-8-14-24,25-15-9-6-10-16-25)38-21-11-12-23-17-18-26-27(22-23)34(4)33-29(26)35-20-19-28(36)32-30(35)37/h5-10,13-18,22H,19-21H2,1-4H3,(H,32,36,37). The summed E-state index contributed by atoms with van der Waals surface area (Å²) in [7, 11) is -0.816. The fraction of sp³-hybridized carbons (Fsp3) is 0.258. The summed E-state index contributed by atoms with van der Waals surface area (Å²) >= 11 is 0. The van der Waals surface area contributed by atoms with E-state index in [4.69, 9.17) is 4.43 Å². The highest BCUT2D eigenvalue weighted by Gasteiger charge is 2.50. The van der Waals surface area contributed by atoms with Gasteiger partial charge in [0.15, 0.2) is 5.82 Å². The van der Waals surface area contributed by atoms with Crippen molar-refractivity contribution in [3.8, 4) is 11.8 Å². The number of imide groups is 1. The minimum atomic E-state index is -2.65. The van der Waals surface area contributed by atoms with Crippen molar-refractivity contribution in [1.29, 1.82) is 0 Å². The number of carbonyl (C=O) groups excluding carboxylic acids is 2. The highest BCUT2D eigenvalue weighted by molar-refractivity contribution is 6.99. The summed E-state index contributed by atoms with van der Waals surface area (Å²) in [6, 6.07) is 26.4. The van der Waals surface area contributed by atoms with Gasteiger partial charge in [0, 0.05) is 31.0 Å². The van der Waals surface area contributed by atoms with Gasteiger partial charge in [-0.2, -0.15) is 5.10 Å². The molecule has 1 N–H and O–H groups in total. The third kappa shape index (κ3) is 4.99. The SMILES string of the molecule is Cn1nc(N2CCC(=O)NC2=O)c2ccc(C#CCO[Si](c3ccccc3)(c3ccccc3)C(C)(C)C)cc21. The van der Waals surface area contributed by atoms with Gasteiger partial charge in [-0.25, -0.2) is 4.79 Å². The number of rotatable bonds is 5. The topological polar surface area (TPSA) is 76.5 Å². The molecule has 3 aromatic carbocycles. The number of aryl methyl sites for hydroxylation is 1. The summed E-state index contributed by atoms with van der Waals surface area (Å²) in [6.45, 7) is 7.35. The van der Waals surface area contributed by atoms with Crippen molar-refractivity contribution in [2.45, 2.75) is 32.2 Å². The van der Waals surface area contributed by atoms with E-state index in [2.05, 4.69) is 91.6 Å². The maximum Gasteiger partial charge on any atom is 0.329 e. The first-order valence-corrected chi connectivity index (χ1v) is 14.9. The zero-order valence-corrected chi connectivity index (χ0v) is 23.7. The van der Waals surface area contributed by atoms with Crippen LogP contribution in [0.5, 0.6) is 0 Å². The van der Waals surface area contributed by atoms with Crippen LogP contribution in [0.2, 0.25) is 5.04 Å². The molecule has 39 heavy (non-hydrogen) atoms. The minimum absolute atomic E-state index is 0.118. The van der Waals surface area contributed by atoms with Crippen molar-refractivity contribution in [1.82, 2.24) is 15.1 Å². The van der Waals surface area contributed by atoms with Gasteiger partial charge in [-0.1, -0.05) is 93.3 Å². The number of aromatic nitrogens is 2. The molecule has 198 valence electrons. The van der Waals surface area contributed by atoms with Gasteiger partial charge in [-0.05, 0) is 33.6 Å². The molecule has 0 spiro atoms. The highest BCUT2D eigenvalue weighted by atomic mass is 28.4. The van der Waals surface area contributed by atoms with Crippen LogP contribution in [0.25, 0.3) is 10.9 Å². The highest BCUT2D eigenvalue weighted by Crippen LogP contribution is 2.36. The number of hydrogen-bond donors (Lipinski definition) is 1. The minimum Gasteiger partial charge on any atom is -0.396 e. The van der Waals surface area contributed by atoms with Crippen molar-refractivity contribution in [2.24, 2.45) is 7.05 Å². The molecule has 1 aliphatic rings. The van der Waals surface area contributed by atoms with Crippen LogP contribution in [0.15, 0.2) is 78.9 Å². The lowest BCUT2D eigenvalue weighted by Crippen LogP contribution is -2.66. The summed E-state index contributed by atoms with van der Waals surface area (Å²) in [5.41, 5.74) is 1.69. The van der Waals surface area contributed by atoms with Crippen LogP contribution in [-0.4, -0.2) is 43.2 Å². The number of carbonyl (C=O) groups is 2. The van der Waals surface area contributed by atoms with Gasteiger partial charge in [0.25, 0.3) is 8.32 Å². The summed E-state index contributed by atoms with van der Waals surface area (Å²) in [5.74, 6) is 6.78. The fourth-order valence-electron chi connectivity index (χ4n) is 5.33. The van der Waals surface area contributed by atoms with Crippen LogP contribution in [0.3, 0.4) is 0 Å². The zero-order chi connectivity index (χ0) is 27.6. The first-order chi connectivity index (χ1) is 18.7. The predicted molar refractivity (Wildman–Crippen MR) is 157 cm³/mol. The van der Waals surface area contributed by atoms with E-state index in [1.54, 1.807) is 4.68 Å². The van der Waals surface area contributed by atoms with E-state index in [-0.39, 0.29) is 17.4 Å². The number of fused-ring (bicyclic) bond motifs is 1. The van der Waals surface area contributed by atoms with E-state index in [1.807, 2.05) is 37.4 Å². The number of urea groups is 1. The number of benzene rings is 3. The monoisotopic (exact) mass is 536 g/mol. The van der Waals surface area contributed by atoms with Crippen LogP contribution in [0.4, 0.5) is 10.6 Å². The van der Waals surface area contributed by atoms with Gasteiger partial charge in [0.1, 0.15) is 0 Å². The summed E-state index contributed by atoms with van der Waals surface area (Å²) in [4.78, 5) is 25.4. The van der Waals surface area contributed by atoms with E-state index in [1.165, 1.54) is 15.3 Å². The molecule has 5 rings (SSSR count). The Balaban J connectivity index is 1.43. The Labute approximate surface area is 229 Å². The molecule has 3 amide bonds. The van der Waals surface area contributed by atoms with Crippen LogP contribution in [0.1, 0.15) is 32.8 Å². The maximum absolute atomic E-state index is 12.4.